The summed E-state index contributed by atoms with van der Waals surface area (Å²) in [5.41, 5.74) is 0. The maximum atomic E-state index is 10.8. The molecular formula is C8H12O4. The van der Waals surface area contributed by atoms with Crippen molar-refractivity contribution in [2.75, 3.05) is 6.61 Å². The normalized spacial score (nSPS) is 46.0. The minimum atomic E-state index is -0.502. The van der Waals surface area contributed by atoms with Crippen molar-refractivity contribution < 1.29 is 19.7 Å². The Morgan fingerprint density at radius 1 is 1.58 bits per heavy atom. The van der Waals surface area contributed by atoms with Crippen LogP contribution in [0.15, 0.2) is 0 Å². The molecule has 1 heterocycles. The number of esters is 1. The topological polar surface area (TPSA) is 66.8 Å². The maximum absolute atomic E-state index is 10.8. The number of hydrogen-bond acceptors (Lipinski definition) is 4. The average Bonchev–Trinajstić information content (AvgIpc) is 2.43. The van der Waals surface area contributed by atoms with Crippen LogP contribution >= 0.6 is 0 Å². The van der Waals surface area contributed by atoms with E-state index < -0.39 is 6.10 Å². The van der Waals surface area contributed by atoms with E-state index in [0.717, 1.165) is 0 Å². The Morgan fingerprint density at radius 3 is 3.00 bits per heavy atom. The monoisotopic (exact) mass is 172 g/mol. The molecule has 1 saturated carbocycles. The van der Waals surface area contributed by atoms with E-state index in [0.29, 0.717) is 12.8 Å². The van der Waals surface area contributed by atoms with Crippen molar-refractivity contribution in [2.45, 2.75) is 25.0 Å². The first kappa shape index (κ1) is 8.01. The summed E-state index contributed by atoms with van der Waals surface area (Å²) in [6, 6.07) is 0. The average molecular weight is 172 g/mol. The summed E-state index contributed by atoms with van der Waals surface area (Å²) in [4.78, 5) is 10.8. The first-order valence-corrected chi connectivity index (χ1v) is 4.20. The minimum Gasteiger partial charge on any atom is -0.462 e. The number of aliphatic hydroxyl groups excluding tert-OH is 2. The zero-order valence-electron chi connectivity index (χ0n) is 6.64. The second-order valence-corrected chi connectivity index (χ2v) is 3.55. The van der Waals surface area contributed by atoms with Crippen molar-refractivity contribution in [2.24, 2.45) is 11.8 Å². The van der Waals surface area contributed by atoms with Gasteiger partial charge in [-0.05, 0) is 0 Å². The van der Waals surface area contributed by atoms with Gasteiger partial charge in [0.05, 0.1) is 12.5 Å². The second-order valence-electron chi connectivity index (χ2n) is 3.55. The molecule has 0 aromatic rings. The summed E-state index contributed by atoms with van der Waals surface area (Å²) in [6.45, 7) is -0.0566. The van der Waals surface area contributed by atoms with Gasteiger partial charge in [0.15, 0.2) is 0 Å². The predicted molar refractivity (Wildman–Crippen MR) is 39.2 cm³/mol. The molecule has 0 radical (unpaired) electrons. The molecule has 4 atom stereocenters. The zero-order valence-corrected chi connectivity index (χ0v) is 6.64. The highest BCUT2D eigenvalue weighted by atomic mass is 16.6. The third-order valence-electron chi connectivity index (χ3n) is 2.89. The van der Waals surface area contributed by atoms with Crippen LogP contribution in [0.2, 0.25) is 0 Å². The van der Waals surface area contributed by atoms with Gasteiger partial charge in [0.2, 0.25) is 0 Å². The van der Waals surface area contributed by atoms with E-state index in [1.807, 2.05) is 0 Å². The van der Waals surface area contributed by atoms with E-state index in [1.165, 1.54) is 0 Å². The van der Waals surface area contributed by atoms with Crippen molar-refractivity contribution in [1.82, 2.24) is 0 Å². The van der Waals surface area contributed by atoms with Crippen molar-refractivity contribution in [3.05, 3.63) is 0 Å². The molecule has 0 spiro atoms. The number of fused-ring (bicyclic) bond motifs is 1. The van der Waals surface area contributed by atoms with Gasteiger partial charge in [-0.3, -0.25) is 4.79 Å². The van der Waals surface area contributed by atoms with Crippen molar-refractivity contribution in [1.29, 1.82) is 0 Å². The highest BCUT2D eigenvalue weighted by Crippen LogP contribution is 2.40. The first-order chi connectivity index (χ1) is 5.72. The van der Waals surface area contributed by atoms with E-state index in [4.69, 9.17) is 9.84 Å². The molecule has 2 aliphatic rings. The molecule has 3 unspecified atom stereocenters. The summed E-state index contributed by atoms with van der Waals surface area (Å²) in [7, 11) is 0. The van der Waals surface area contributed by atoms with Gasteiger partial charge in [0.25, 0.3) is 0 Å². The number of rotatable bonds is 1. The van der Waals surface area contributed by atoms with Crippen LogP contribution in [0.5, 0.6) is 0 Å². The van der Waals surface area contributed by atoms with E-state index in [1.54, 1.807) is 0 Å². The Hall–Kier alpha value is -0.610. The summed E-state index contributed by atoms with van der Waals surface area (Å²) in [6.07, 6.45) is 0.192. The molecule has 2 N–H and O–H groups in total. The Bertz CT molecular complexity index is 203. The highest BCUT2D eigenvalue weighted by molar-refractivity contribution is 5.72. The predicted octanol–water partition coefficient (Wildman–Crippen LogP) is -0.709. The van der Waals surface area contributed by atoms with Crippen LogP contribution in [0.3, 0.4) is 0 Å². The number of hydrogen-bond donors (Lipinski definition) is 2. The number of carbonyl (C=O) groups is 1. The molecule has 2 fully saturated rings. The third kappa shape index (κ3) is 1.03. The van der Waals surface area contributed by atoms with E-state index in [-0.39, 0.29) is 30.5 Å². The number of ether oxygens (including phenoxy) is 1. The molecule has 0 aromatic heterocycles. The first-order valence-electron chi connectivity index (χ1n) is 4.20. The molecule has 12 heavy (non-hydrogen) atoms. The largest absolute Gasteiger partial charge is 0.462 e. The zero-order chi connectivity index (χ0) is 8.72. The molecule has 1 saturated heterocycles. The van der Waals surface area contributed by atoms with Crippen LogP contribution in [0.4, 0.5) is 0 Å². The fraction of sp³-hybridized carbons (Fsp3) is 0.875. The van der Waals surface area contributed by atoms with Gasteiger partial charge >= 0.3 is 5.97 Å². The molecule has 68 valence electrons. The lowest BCUT2D eigenvalue weighted by Gasteiger charge is -2.14. The lowest BCUT2D eigenvalue weighted by atomic mass is 9.93. The van der Waals surface area contributed by atoms with Crippen LogP contribution in [0, 0.1) is 11.8 Å². The van der Waals surface area contributed by atoms with Gasteiger partial charge in [0.1, 0.15) is 6.10 Å². The van der Waals surface area contributed by atoms with Crippen molar-refractivity contribution in [3.63, 3.8) is 0 Å². The minimum absolute atomic E-state index is 0.0394. The molecule has 1 aliphatic carbocycles. The maximum Gasteiger partial charge on any atom is 0.306 e. The van der Waals surface area contributed by atoms with Gasteiger partial charge in [-0.2, -0.15) is 0 Å². The summed E-state index contributed by atoms with van der Waals surface area (Å²) in [5, 5.41) is 18.4. The van der Waals surface area contributed by atoms with Crippen LogP contribution in [0.1, 0.15) is 12.8 Å². The van der Waals surface area contributed by atoms with E-state index >= 15 is 0 Å². The molecule has 1 aliphatic heterocycles. The Morgan fingerprint density at radius 2 is 2.33 bits per heavy atom. The molecule has 4 heteroatoms. The number of aliphatic hydroxyl groups is 2. The van der Waals surface area contributed by atoms with E-state index in [2.05, 4.69) is 0 Å². The van der Waals surface area contributed by atoms with Crippen LogP contribution in [-0.2, 0) is 9.53 Å². The standard InChI is InChI=1S/C8H12O4/c9-3-5-4-1-8(11)12-7(4)2-6(5)10/h4-7,9-10H,1-3H2/t4?,5?,6?,7-/m0/s1. The summed E-state index contributed by atoms with van der Waals surface area (Å²) >= 11 is 0. The van der Waals surface area contributed by atoms with Gasteiger partial charge in [-0.25, -0.2) is 0 Å². The van der Waals surface area contributed by atoms with Gasteiger partial charge in [0, 0.05) is 24.9 Å². The smallest absolute Gasteiger partial charge is 0.306 e. The Balaban J connectivity index is 2.11. The molecule has 0 bridgehead atoms. The fourth-order valence-electron chi connectivity index (χ4n) is 2.23. The van der Waals surface area contributed by atoms with Crippen molar-refractivity contribution in [3.8, 4) is 0 Å². The Labute approximate surface area is 70.1 Å². The molecule has 0 aromatic carbocycles. The third-order valence-corrected chi connectivity index (χ3v) is 2.89. The van der Waals surface area contributed by atoms with Gasteiger partial charge in [-0.15, -0.1) is 0 Å². The quantitative estimate of drug-likeness (QED) is 0.513. The fourth-order valence-corrected chi connectivity index (χ4v) is 2.23. The molecule has 0 amide bonds. The van der Waals surface area contributed by atoms with Crippen LogP contribution in [0.25, 0.3) is 0 Å². The Kier molecular flexibility index (Phi) is 1.81. The van der Waals surface area contributed by atoms with E-state index in [9.17, 15) is 9.90 Å². The van der Waals surface area contributed by atoms with Gasteiger partial charge in [-0.1, -0.05) is 0 Å². The van der Waals surface area contributed by atoms with Gasteiger partial charge < -0.3 is 14.9 Å². The SMILES string of the molecule is O=C1CC2C(CO)C(O)C[C@@H]2O1. The second kappa shape index (κ2) is 2.71. The van der Waals surface area contributed by atoms with Crippen LogP contribution < -0.4 is 0 Å². The lowest BCUT2D eigenvalue weighted by molar-refractivity contribution is -0.141. The highest BCUT2D eigenvalue weighted by Gasteiger charge is 2.49. The number of carbonyl (C=O) groups excluding carboxylic acids is 1. The molecule has 4 nitrogen and oxygen atoms in total. The van der Waals surface area contributed by atoms with Crippen molar-refractivity contribution >= 4 is 5.97 Å². The lowest BCUT2D eigenvalue weighted by Crippen LogP contribution is -2.23. The van der Waals surface area contributed by atoms with Crippen LogP contribution in [-0.4, -0.2) is 35.0 Å². The summed E-state index contributed by atoms with van der Waals surface area (Å²) < 4.78 is 4.98. The summed E-state index contributed by atoms with van der Waals surface area (Å²) in [5.74, 6) is -0.325. The molecule has 2 rings (SSSR count). The molecular weight excluding hydrogens is 160 g/mol.